The Labute approximate surface area is 145 Å². The van der Waals surface area contributed by atoms with Crippen molar-refractivity contribution in [1.29, 1.82) is 0 Å². The molecule has 0 atom stereocenters. The van der Waals surface area contributed by atoms with Gasteiger partial charge in [-0.15, -0.1) is 0 Å². The van der Waals surface area contributed by atoms with E-state index in [0.717, 1.165) is 59.5 Å². The smallest absolute Gasteiger partial charge is 0.185 e. The van der Waals surface area contributed by atoms with Crippen molar-refractivity contribution >= 4 is 33.5 Å². The molecule has 2 heterocycles. The van der Waals surface area contributed by atoms with Crippen molar-refractivity contribution in [2.45, 2.75) is 0 Å². The van der Waals surface area contributed by atoms with E-state index in [4.69, 9.17) is 0 Å². The van der Waals surface area contributed by atoms with Gasteiger partial charge >= 0.3 is 0 Å². The standard InChI is InChI=1S/C19H19N3OS/c1-21-7-9-22(10-8-21)19-20-12-18(24-19)15-5-6-17-14(11-15)3-2-4-16(17)13-23/h2-6,11-13H,7-10H2,1H3. The number of fused-ring (bicyclic) bond motifs is 1. The predicted octanol–water partition coefficient (Wildman–Crippen LogP) is 3.53. The number of nitrogens with zero attached hydrogens (tertiary/aromatic N) is 3. The molecule has 0 radical (unpaired) electrons. The van der Waals surface area contributed by atoms with E-state index in [1.54, 1.807) is 11.3 Å². The number of carbonyl (C=O) groups is 1. The molecule has 3 aromatic rings. The molecule has 4 rings (SSSR count). The van der Waals surface area contributed by atoms with Crippen LogP contribution < -0.4 is 4.90 Å². The fourth-order valence-corrected chi connectivity index (χ4v) is 4.07. The van der Waals surface area contributed by atoms with Gasteiger partial charge in [0.15, 0.2) is 11.4 Å². The van der Waals surface area contributed by atoms with Crippen LogP contribution in [-0.4, -0.2) is 49.4 Å². The van der Waals surface area contributed by atoms with Crippen molar-refractivity contribution in [1.82, 2.24) is 9.88 Å². The molecular weight excluding hydrogens is 318 g/mol. The first-order valence-corrected chi connectivity index (χ1v) is 8.94. The molecule has 0 saturated carbocycles. The number of thiazole rings is 1. The fourth-order valence-electron chi connectivity index (χ4n) is 3.11. The second-order valence-corrected chi connectivity index (χ2v) is 7.21. The van der Waals surface area contributed by atoms with Gasteiger partial charge in [-0.2, -0.15) is 0 Å². The number of rotatable bonds is 3. The molecule has 0 spiro atoms. The Balaban J connectivity index is 1.64. The van der Waals surface area contributed by atoms with Gasteiger partial charge in [0.1, 0.15) is 0 Å². The summed E-state index contributed by atoms with van der Waals surface area (Å²) in [4.78, 5) is 21.7. The molecular formula is C19H19N3OS. The minimum Gasteiger partial charge on any atom is -0.346 e. The molecule has 5 heteroatoms. The summed E-state index contributed by atoms with van der Waals surface area (Å²) in [5.41, 5.74) is 1.89. The number of aldehydes is 1. The number of benzene rings is 2. The maximum Gasteiger partial charge on any atom is 0.185 e. The van der Waals surface area contributed by atoms with E-state index >= 15 is 0 Å². The average molecular weight is 337 g/mol. The van der Waals surface area contributed by atoms with Crippen LogP contribution in [0.15, 0.2) is 42.6 Å². The second kappa shape index (κ2) is 6.34. The quantitative estimate of drug-likeness (QED) is 0.685. The molecule has 0 aliphatic carbocycles. The zero-order valence-electron chi connectivity index (χ0n) is 13.6. The molecule has 1 aliphatic rings. The van der Waals surface area contributed by atoms with Crippen LogP contribution in [0.4, 0.5) is 5.13 Å². The molecule has 0 bridgehead atoms. The summed E-state index contributed by atoms with van der Waals surface area (Å²) in [5.74, 6) is 0. The van der Waals surface area contributed by atoms with Crippen LogP contribution in [0.2, 0.25) is 0 Å². The maximum absolute atomic E-state index is 11.2. The van der Waals surface area contributed by atoms with Crippen LogP contribution in [0, 0.1) is 0 Å². The number of hydrogen-bond acceptors (Lipinski definition) is 5. The lowest BCUT2D eigenvalue weighted by molar-refractivity contribution is 0.112. The van der Waals surface area contributed by atoms with Gasteiger partial charge in [0, 0.05) is 37.9 Å². The van der Waals surface area contributed by atoms with E-state index in [1.807, 2.05) is 30.5 Å². The minimum absolute atomic E-state index is 0.737. The number of likely N-dealkylation sites (N-methyl/N-ethyl adjacent to an activating group) is 1. The highest BCUT2D eigenvalue weighted by atomic mass is 32.1. The van der Waals surface area contributed by atoms with Crippen molar-refractivity contribution in [2.24, 2.45) is 0 Å². The van der Waals surface area contributed by atoms with Crippen LogP contribution in [0.25, 0.3) is 21.2 Å². The Kier molecular flexibility index (Phi) is 4.04. The second-order valence-electron chi connectivity index (χ2n) is 6.20. The maximum atomic E-state index is 11.2. The summed E-state index contributed by atoms with van der Waals surface area (Å²) in [6.07, 6.45) is 2.88. The molecule has 0 unspecified atom stereocenters. The monoisotopic (exact) mass is 337 g/mol. The first-order chi connectivity index (χ1) is 11.7. The molecule has 2 aromatic carbocycles. The zero-order chi connectivity index (χ0) is 16.5. The SMILES string of the molecule is CN1CCN(c2ncc(-c3ccc4c(C=O)cccc4c3)s2)CC1. The van der Waals surface area contributed by atoms with Gasteiger partial charge in [-0.05, 0) is 29.4 Å². The first kappa shape index (κ1) is 15.3. The molecule has 1 saturated heterocycles. The Bertz CT molecular complexity index is 881. The van der Waals surface area contributed by atoms with E-state index in [2.05, 4.69) is 34.0 Å². The van der Waals surface area contributed by atoms with Gasteiger partial charge in [0.05, 0.1) is 4.88 Å². The third kappa shape index (κ3) is 2.81. The lowest BCUT2D eigenvalue weighted by Crippen LogP contribution is -2.44. The number of anilines is 1. The molecule has 122 valence electrons. The number of hydrogen-bond donors (Lipinski definition) is 0. The highest BCUT2D eigenvalue weighted by Crippen LogP contribution is 2.33. The van der Waals surface area contributed by atoms with Gasteiger partial charge in [-0.25, -0.2) is 4.98 Å². The largest absolute Gasteiger partial charge is 0.346 e. The normalized spacial score (nSPS) is 15.8. The lowest BCUT2D eigenvalue weighted by atomic mass is 10.0. The molecule has 24 heavy (non-hydrogen) atoms. The third-order valence-corrected chi connectivity index (χ3v) is 5.70. The Morgan fingerprint density at radius 1 is 1.12 bits per heavy atom. The summed E-state index contributed by atoms with van der Waals surface area (Å²) >= 11 is 1.74. The van der Waals surface area contributed by atoms with Gasteiger partial charge in [-0.1, -0.05) is 41.7 Å². The lowest BCUT2D eigenvalue weighted by Gasteiger charge is -2.32. The number of carbonyl (C=O) groups excluding carboxylic acids is 1. The topological polar surface area (TPSA) is 36.4 Å². The molecule has 0 amide bonds. The van der Waals surface area contributed by atoms with E-state index in [0.29, 0.717) is 0 Å². The van der Waals surface area contributed by atoms with Crippen LogP contribution in [0.5, 0.6) is 0 Å². The number of aromatic nitrogens is 1. The van der Waals surface area contributed by atoms with E-state index in [9.17, 15) is 4.79 Å². The number of piperazine rings is 1. The van der Waals surface area contributed by atoms with Gasteiger partial charge in [0.25, 0.3) is 0 Å². The summed E-state index contributed by atoms with van der Waals surface area (Å²) in [6.45, 7) is 4.23. The Hall–Kier alpha value is -2.24. The van der Waals surface area contributed by atoms with Crippen molar-refractivity contribution in [2.75, 3.05) is 38.1 Å². The summed E-state index contributed by atoms with van der Waals surface area (Å²) < 4.78 is 0. The fraction of sp³-hybridized carbons (Fsp3) is 0.263. The van der Waals surface area contributed by atoms with Crippen molar-refractivity contribution in [3.8, 4) is 10.4 Å². The minimum atomic E-state index is 0.737. The predicted molar refractivity (Wildman–Crippen MR) is 100 cm³/mol. The van der Waals surface area contributed by atoms with Crippen LogP contribution in [0.3, 0.4) is 0 Å². The Morgan fingerprint density at radius 2 is 1.96 bits per heavy atom. The van der Waals surface area contributed by atoms with E-state index < -0.39 is 0 Å². The summed E-state index contributed by atoms with van der Waals surface area (Å²) in [7, 11) is 2.16. The molecule has 4 nitrogen and oxygen atoms in total. The summed E-state index contributed by atoms with van der Waals surface area (Å²) in [6, 6.07) is 12.1. The van der Waals surface area contributed by atoms with Gasteiger partial charge in [-0.3, -0.25) is 4.79 Å². The van der Waals surface area contributed by atoms with E-state index in [1.165, 1.54) is 4.88 Å². The highest BCUT2D eigenvalue weighted by Gasteiger charge is 2.17. The molecule has 0 N–H and O–H groups in total. The molecule has 1 aliphatic heterocycles. The van der Waals surface area contributed by atoms with Crippen LogP contribution in [-0.2, 0) is 0 Å². The third-order valence-electron chi connectivity index (χ3n) is 4.59. The van der Waals surface area contributed by atoms with E-state index in [-0.39, 0.29) is 0 Å². The molecule has 1 fully saturated rings. The average Bonchev–Trinajstić information content (AvgIpc) is 3.11. The van der Waals surface area contributed by atoms with Crippen molar-refractivity contribution in [3.05, 3.63) is 48.2 Å². The Morgan fingerprint density at radius 3 is 2.75 bits per heavy atom. The summed E-state index contributed by atoms with van der Waals surface area (Å²) in [5, 5.41) is 3.19. The van der Waals surface area contributed by atoms with Gasteiger partial charge in [0.2, 0.25) is 0 Å². The highest BCUT2D eigenvalue weighted by molar-refractivity contribution is 7.18. The molecule has 1 aromatic heterocycles. The van der Waals surface area contributed by atoms with Gasteiger partial charge < -0.3 is 9.80 Å². The van der Waals surface area contributed by atoms with Crippen LogP contribution in [0.1, 0.15) is 10.4 Å². The zero-order valence-corrected chi connectivity index (χ0v) is 14.4. The van der Waals surface area contributed by atoms with Crippen molar-refractivity contribution in [3.63, 3.8) is 0 Å². The van der Waals surface area contributed by atoms with Crippen LogP contribution >= 0.6 is 11.3 Å². The van der Waals surface area contributed by atoms with Crippen molar-refractivity contribution < 1.29 is 4.79 Å². The first-order valence-electron chi connectivity index (χ1n) is 8.12.